The van der Waals surface area contributed by atoms with Crippen LogP contribution in [-0.2, 0) is 0 Å². The first kappa shape index (κ1) is 8.56. The van der Waals surface area contributed by atoms with E-state index >= 15 is 0 Å². The zero-order chi connectivity index (χ0) is 7.28. The molecule has 0 aromatic carbocycles. The molecule has 0 radical (unpaired) electrons. The highest BCUT2D eigenvalue weighted by molar-refractivity contribution is 6.18. The molecule has 0 atom stereocenters. The van der Waals surface area contributed by atoms with E-state index in [1.807, 2.05) is 0 Å². The van der Waals surface area contributed by atoms with Gasteiger partial charge in [-0.2, -0.15) is 0 Å². The summed E-state index contributed by atoms with van der Waals surface area (Å²) in [5.41, 5.74) is 0. The SMILES string of the molecule is CCN(CCCl)C(=O)O. The molecule has 0 aromatic heterocycles. The standard InChI is InChI=1S/C5H10ClNO2/c1-2-7(4-3-6)5(8)9/h2-4H2,1H3,(H,8,9). The van der Waals surface area contributed by atoms with E-state index in [0.717, 1.165) is 0 Å². The van der Waals surface area contributed by atoms with Crippen molar-refractivity contribution in [3.63, 3.8) is 0 Å². The van der Waals surface area contributed by atoms with Crippen LogP contribution in [0.1, 0.15) is 6.92 Å². The van der Waals surface area contributed by atoms with Crippen LogP contribution in [0.4, 0.5) is 4.79 Å². The molecule has 3 nitrogen and oxygen atoms in total. The van der Waals surface area contributed by atoms with E-state index in [-0.39, 0.29) is 0 Å². The first-order valence-corrected chi connectivity index (χ1v) is 3.29. The quantitative estimate of drug-likeness (QED) is 0.617. The Balaban J connectivity index is 3.54. The van der Waals surface area contributed by atoms with Crippen molar-refractivity contribution in [1.82, 2.24) is 4.90 Å². The highest BCUT2D eigenvalue weighted by Crippen LogP contribution is 1.88. The summed E-state index contributed by atoms with van der Waals surface area (Å²) in [7, 11) is 0. The lowest BCUT2D eigenvalue weighted by Crippen LogP contribution is -2.30. The third kappa shape index (κ3) is 3.19. The van der Waals surface area contributed by atoms with Gasteiger partial charge in [0, 0.05) is 19.0 Å². The summed E-state index contributed by atoms with van der Waals surface area (Å²) in [6.07, 6.45) is -0.904. The zero-order valence-electron chi connectivity index (χ0n) is 5.30. The molecule has 0 unspecified atom stereocenters. The normalized spacial score (nSPS) is 9.11. The first-order valence-electron chi connectivity index (χ1n) is 2.76. The lowest BCUT2D eigenvalue weighted by atomic mass is 10.6. The summed E-state index contributed by atoms with van der Waals surface area (Å²) in [4.78, 5) is 11.4. The number of amides is 1. The summed E-state index contributed by atoms with van der Waals surface area (Å²) in [6, 6.07) is 0. The van der Waals surface area contributed by atoms with Gasteiger partial charge in [0.1, 0.15) is 0 Å². The second-order valence-electron chi connectivity index (χ2n) is 1.55. The van der Waals surface area contributed by atoms with Crippen molar-refractivity contribution in [2.75, 3.05) is 19.0 Å². The Morgan fingerprint density at radius 1 is 1.78 bits per heavy atom. The maximum atomic E-state index is 10.2. The van der Waals surface area contributed by atoms with Crippen LogP contribution < -0.4 is 0 Å². The minimum absolute atomic E-state index is 0.361. The summed E-state index contributed by atoms with van der Waals surface area (Å²) in [6.45, 7) is 2.69. The van der Waals surface area contributed by atoms with E-state index < -0.39 is 6.09 Å². The number of halogens is 1. The molecule has 0 aliphatic carbocycles. The molecule has 0 saturated heterocycles. The number of carbonyl (C=O) groups is 1. The van der Waals surface area contributed by atoms with Gasteiger partial charge in [-0.15, -0.1) is 11.6 Å². The number of nitrogens with zero attached hydrogens (tertiary/aromatic N) is 1. The highest BCUT2D eigenvalue weighted by Gasteiger charge is 2.05. The third-order valence-electron chi connectivity index (χ3n) is 1.01. The summed E-state index contributed by atoms with van der Waals surface area (Å²) >= 11 is 5.31. The van der Waals surface area contributed by atoms with Gasteiger partial charge < -0.3 is 10.0 Å². The van der Waals surface area contributed by atoms with Gasteiger partial charge in [-0.3, -0.25) is 0 Å². The summed E-state index contributed by atoms with van der Waals surface area (Å²) in [5, 5.41) is 8.37. The number of carboxylic acid groups (broad SMARTS) is 1. The highest BCUT2D eigenvalue weighted by atomic mass is 35.5. The largest absolute Gasteiger partial charge is 0.465 e. The van der Waals surface area contributed by atoms with Crippen LogP contribution in [0.3, 0.4) is 0 Å². The van der Waals surface area contributed by atoms with Crippen molar-refractivity contribution in [2.24, 2.45) is 0 Å². The molecule has 0 aromatic rings. The fraction of sp³-hybridized carbons (Fsp3) is 0.800. The minimum Gasteiger partial charge on any atom is -0.465 e. The molecule has 0 saturated carbocycles. The number of rotatable bonds is 3. The summed E-state index contributed by atoms with van der Waals surface area (Å²) < 4.78 is 0. The molecule has 9 heavy (non-hydrogen) atoms. The molecule has 0 rings (SSSR count). The van der Waals surface area contributed by atoms with Gasteiger partial charge in [-0.1, -0.05) is 0 Å². The molecule has 54 valence electrons. The summed E-state index contributed by atoms with van der Waals surface area (Å²) in [5.74, 6) is 0.361. The van der Waals surface area contributed by atoms with Gasteiger partial charge in [0.25, 0.3) is 0 Å². The topological polar surface area (TPSA) is 40.5 Å². The molecule has 0 heterocycles. The lowest BCUT2D eigenvalue weighted by molar-refractivity contribution is 0.150. The number of alkyl halides is 1. The average molecular weight is 152 g/mol. The maximum absolute atomic E-state index is 10.2. The molecule has 1 N–H and O–H groups in total. The Morgan fingerprint density at radius 2 is 2.33 bits per heavy atom. The molecule has 4 heteroatoms. The molecule has 0 aliphatic heterocycles. The maximum Gasteiger partial charge on any atom is 0.407 e. The van der Waals surface area contributed by atoms with Crippen LogP contribution in [0.5, 0.6) is 0 Å². The van der Waals surface area contributed by atoms with Gasteiger partial charge in [0.2, 0.25) is 0 Å². The number of hydrogen-bond acceptors (Lipinski definition) is 1. The molecule has 0 bridgehead atoms. The van der Waals surface area contributed by atoms with E-state index in [2.05, 4.69) is 0 Å². The second-order valence-corrected chi connectivity index (χ2v) is 1.93. The van der Waals surface area contributed by atoms with Crippen LogP contribution in [0.25, 0.3) is 0 Å². The van der Waals surface area contributed by atoms with Gasteiger partial charge in [0.15, 0.2) is 0 Å². The van der Waals surface area contributed by atoms with Crippen molar-refractivity contribution >= 4 is 17.7 Å². The molecule has 1 amide bonds. The fourth-order valence-corrected chi connectivity index (χ4v) is 0.695. The smallest absolute Gasteiger partial charge is 0.407 e. The predicted molar refractivity (Wildman–Crippen MR) is 36.0 cm³/mol. The van der Waals surface area contributed by atoms with Crippen molar-refractivity contribution in [3.8, 4) is 0 Å². The lowest BCUT2D eigenvalue weighted by Gasteiger charge is -2.13. The van der Waals surface area contributed by atoms with Crippen LogP contribution in [-0.4, -0.2) is 35.1 Å². The first-order chi connectivity index (χ1) is 4.22. The third-order valence-corrected chi connectivity index (χ3v) is 1.18. The Hall–Kier alpha value is -0.440. The molecule has 0 aliphatic rings. The second kappa shape index (κ2) is 4.44. The minimum atomic E-state index is -0.904. The molecule has 0 fully saturated rings. The Morgan fingerprint density at radius 3 is 2.44 bits per heavy atom. The van der Waals surface area contributed by atoms with E-state index in [4.69, 9.17) is 16.7 Å². The Labute approximate surface area is 59.2 Å². The van der Waals surface area contributed by atoms with Crippen molar-refractivity contribution in [3.05, 3.63) is 0 Å². The molecular formula is C5H10ClNO2. The van der Waals surface area contributed by atoms with E-state index in [1.54, 1.807) is 6.92 Å². The van der Waals surface area contributed by atoms with Crippen molar-refractivity contribution in [1.29, 1.82) is 0 Å². The number of hydrogen-bond donors (Lipinski definition) is 1. The van der Waals surface area contributed by atoms with E-state index in [1.165, 1.54) is 4.90 Å². The van der Waals surface area contributed by atoms with E-state index in [0.29, 0.717) is 19.0 Å². The Bertz CT molecular complexity index is 97.0. The van der Waals surface area contributed by atoms with Gasteiger partial charge in [0.05, 0.1) is 0 Å². The average Bonchev–Trinajstić information content (AvgIpc) is 1.82. The fourth-order valence-electron chi connectivity index (χ4n) is 0.491. The van der Waals surface area contributed by atoms with Gasteiger partial charge in [-0.25, -0.2) is 4.79 Å². The van der Waals surface area contributed by atoms with Crippen LogP contribution in [0.2, 0.25) is 0 Å². The Kier molecular flexibility index (Phi) is 4.22. The van der Waals surface area contributed by atoms with Gasteiger partial charge >= 0.3 is 6.09 Å². The van der Waals surface area contributed by atoms with Crippen molar-refractivity contribution < 1.29 is 9.90 Å². The molecule has 0 spiro atoms. The van der Waals surface area contributed by atoms with Crippen LogP contribution in [0.15, 0.2) is 0 Å². The molecular weight excluding hydrogens is 142 g/mol. The van der Waals surface area contributed by atoms with E-state index in [9.17, 15) is 4.79 Å². The zero-order valence-corrected chi connectivity index (χ0v) is 6.06. The van der Waals surface area contributed by atoms with Crippen LogP contribution >= 0.6 is 11.6 Å². The predicted octanol–water partition coefficient (Wildman–Crippen LogP) is 1.23. The van der Waals surface area contributed by atoms with Gasteiger partial charge in [-0.05, 0) is 6.92 Å². The monoisotopic (exact) mass is 151 g/mol. The van der Waals surface area contributed by atoms with Crippen LogP contribution in [0, 0.1) is 0 Å². The van der Waals surface area contributed by atoms with Crippen molar-refractivity contribution in [2.45, 2.75) is 6.92 Å².